The lowest BCUT2D eigenvalue weighted by Crippen LogP contribution is -2.14. The number of methoxy groups -OCH3 is 1. The first-order chi connectivity index (χ1) is 14.3. The second-order valence-corrected chi connectivity index (χ2v) is 8.01. The fourth-order valence-electron chi connectivity index (χ4n) is 2.70. The van der Waals surface area contributed by atoms with Crippen molar-refractivity contribution in [2.75, 3.05) is 17.7 Å². The number of carbonyl (C=O) groups excluding carboxylic acids is 3. The van der Waals surface area contributed by atoms with Crippen LogP contribution in [0.4, 0.5) is 10.7 Å². The van der Waals surface area contributed by atoms with Crippen molar-refractivity contribution >= 4 is 63.0 Å². The largest absolute Gasteiger partial charge is 0.465 e. The number of benzene rings is 2. The third-order valence-electron chi connectivity index (χ3n) is 4.18. The molecule has 2 amide bonds. The molecule has 30 heavy (non-hydrogen) atoms. The van der Waals surface area contributed by atoms with Gasteiger partial charge in [-0.05, 0) is 42.8 Å². The number of halogens is 2. The van der Waals surface area contributed by atoms with Crippen molar-refractivity contribution in [2.24, 2.45) is 0 Å². The highest BCUT2D eigenvalue weighted by Gasteiger charge is 2.27. The summed E-state index contributed by atoms with van der Waals surface area (Å²) < 4.78 is 4.84. The summed E-state index contributed by atoms with van der Waals surface area (Å²) in [5.74, 6) is -1.56. The van der Waals surface area contributed by atoms with Crippen LogP contribution in [0.15, 0.2) is 48.5 Å². The molecule has 0 bridgehead atoms. The first-order valence-corrected chi connectivity index (χ1v) is 10.2. The predicted octanol–water partition coefficient (Wildman–Crippen LogP) is 5.65. The number of nitrogens with one attached hydrogen (secondary N) is 2. The minimum atomic E-state index is -0.660. The van der Waals surface area contributed by atoms with Crippen LogP contribution < -0.4 is 10.6 Å². The van der Waals surface area contributed by atoms with Crippen molar-refractivity contribution in [1.82, 2.24) is 0 Å². The topological polar surface area (TPSA) is 84.5 Å². The highest BCUT2D eigenvalue weighted by Crippen LogP contribution is 2.35. The minimum absolute atomic E-state index is 0.120. The fraction of sp³-hybridized carbons (Fsp3) is 0.0952. The molecule has 0 aliphatic rings. The fourth-order valence-corrected chi connectivity index (χ4v) is 4.13. The number of thiophene rings is 1. The van der Waals surface area contributed by atoms with Crippen LogP contribution in [0, 0.1) is 6.92 Å². The van der Waals surface area contributed by atoms with E-state index < -0.39 is 17.8 Å². The van der Waals surface area contributed by atoms with Gasteiger partial charge in [0.25, 0.3) is 11.8 Å². The Kier molecular flexibility index (Phi) is 6.77. The maximum absolute atomic E-state index is 12.9. The van der Waals surface area contributed by atoms with E-state index >= 15 is 0 Å². The van der Waals surface area contributed by atoms with Gasteiger partial charge in [-0.1, -0.05) is 41.4 Å². The second kappa shape index (κ2) is 9.30. The molecule has 3 aromatic rings. The summed E-state index contributed by atoms with van der Waals surface area (Å²) in [5.41, 5.74) is 1.24. The molecule has 3 rings (SSSR count). The van der Waals surface area contributed by atoms with E-state index in [2.05, 4.69) is 10.6 Å². The smallest absolute Gasteiger partial charge is 0.341 e. The van der Waals surface area contributed by atoms with Gasteiger partial charge >= 0.3 is 5.97 Å². The molecule has 154 valence electrons. The lowest BCUT2D eigenvalue weighted by molar-refractivity contribution is 0.0601. The summed E-state index contributed by atoms with van der Waals surface area (Å²) in [6, 6.07) is 13.2. The molecule has 0 spiro atoms. The normalized spacial score (nSPS) is 10.4. The molecule has 0 atom stereocenters. The van der Waals surface area contributed by atoms with Crippen molar-refractivity contribution in [3.05, 3.63) is 80.1 Å². The Balaban J connectivity index is 1.95. The summed E-state index contributed by atoms with van der Waals surface area (Å²) in [4.78, 5) is 38.0. The number of anilines is 2. The lowest BCUT2D eigenvalue weighted by atomic mass is 10.1. The predicted molar refractivity (Wildman–Crippen MR) is 119 cm³/mol. The average molecular weight is 463 g/mol. The highest BCUT2D eigenvalue weighted by atomic mass is 35.5. The van der Waals surface area contributed by atoms with E-state index in [0.717, 1.165) is 11.3 Å². The molecule has 1 heterocycles. The van der Waals surface area contributed by atoms with Gasteiger partial charge in [0, 0.05) is 10.6 Å². The Hall–Kier alpha value is -2.87. The Morgan fingerprint density at radius 3 is 2.33 bits per heavy atom. The number of carbonyl (C=O) groups is 3. The maximum atomic E-state index is 12.9. The number of hydrogen-bond donors (Lipinski definition) is 2. The quantitative estimate of drug-likeness (QED) is 0.479. The molecule has 2 aromatic carbocycles. The van der Waals surface area contributed by atoms with Gasteiger partial charge < -0.3 is 15.4 Å². The SMILES string of the molecule is COC(=O)c1c(NC(=O)c2ccccc2)sc(C(=O)Nc2cc(Cl)ccc2Cl)c1C. The summed E-state index contributed by atoms with van der Waals surface area (Å²) in [7, 11) is 1.23. The van der Waals surface area contributed by atoms with E-state index in [1.807, 2.05) is 0 Å². The first kappa shape index (κ1) is 21.8. The number of rotatable bonds is 5. The van der Waals surface area contributed by atoms with E-state index in [1.54, 1.807) is 49.4 Å². The van der Waals surface area contributed by atoms with Gasteiger partial charge in [0.15, 0.2) is 0 Å². The van der Waals surface area contributed by atoms with Gasteiger partial charge in [0.05, 0.1) is 28.3 Å². The van der Waals surface area contributed by atoms with Crippen molar-refractivity contribution in [3.63, 3.8) is 0 Å². The van der Waals surface area contributed by atoms with E-state index in [-0.39, 0.29) is 15.4 Å². The molecule has 0 radical (unpaired) electrons. The third kappa shape index (κ3) is 4.64. The van der Waals surface area contributed by atoms with Gasteiger partial charge in [-0.3, -0.25) is 9.59 Å². The summed E-state index contributed by atoms with van der Waals surface area (Å²) >= 11 is 13.0. The van der Waals surface area contributed by atoms with E-state index in [0.29, 0.717) is 26.9 Å². The Labute approximate surface area is 186 Å². The molecule has 6 nitrogen and oxygen atoms in total. The molecule has 1 aromatic heterocycles. The number of amides is 2. The number of ether oxygens (including phenoxy) is 1. The van der Waals surface area contributed by atoms with Gasteiger partial charge in [-0.2, -0.15) is 0 Å². The van der Waals surface area contributed by atoms with E-state index in [1.165, 1.54) is 13.2 Å². The van der Waals surface area contributed by atoms with E-state index in [4.69, 9.17) is 27.9 Å². The zero-order chi connectivity index (χ0) is 21.8. The maximum Gasteiger partial charge on any atom is 0.341 e. The molecule has 0 fully saturated rings. The van der Waals surface area contributed by atoms with Gasteiger partial charge in [0.1, 0.15) is 5.00 Å². The molecule has 0 saturated carbocycles. The van der Waals surface area contributed by atoms with Crippen LogP contribution in [0.3, 0.4) is 0 Å². The van der Waals surface area contributed by atoms with Gasteiger partial charge in [0.2, 0.25) is 0 Å². The summed E-state index contributed by atoms with van der Waals surface area (Å²) in [6.45, 7) is 1.61. The molecular formula is C21H16Cl2N2O4S. The molecule has 0 aliphatic heterocycles. The molecule has 9 heteroatoms. The van der Waals surface area contributed by atoms with Gasteiger partial charge in [-0.15, -0.1) is 11.3 Å². The standard InChI is InChI=1S/C21H16Cl2N2O4S/c1-11-16(21(28)29-2)20(25-18(26)12-6-4-3-5-7-12)30-17(11)19(27)24-15-10-13(22)8-9-14(15)23/h3-10H,1-2H3,(H,24,27)(H,25,26). The van der Waals surface area contributed by atoms with E-state index in [9.17, 15) is 14.4 Å². The zero-order valence-electron chi connectivity index (χ0n) is 15.9. The molecule has 0 saturated heterocycles. The van der Waals surface area contributed by atoms with Crippen molar-refractivity contribution < 1.29 is 19.1 Å². The Morgan fingerprint density at radius 1 is 0.967 bits per heavy atom. The van der Waals surface area contributed by atoms with Crippen LogP contribution in [0.2, 0.25) is 10.0 Å². The van der Waals surface area contributed by atoms with Crippen LogP contribution in [0.25, 0.3) is 0 Å². The van der Waals surface area contributed by atoms with Crippen LogP contribution in [-0.4, -0.2) is 24.9 Å². The molecule has 0 aliphatic carbocycles. The third-order valence-corrected chi connectivity index (χ3v) is 5.95. The Bertz CT molecular complexity index is 1130. The average Bonchev–Trinajstić information content (AvgIpc) is 3.06. The lowest BCUT2D eigenvalue weighted by Gasteiger charge is -2.07. The molecular weight excluding hydrogens is 447 g/mol. The summed E-state index contributed by atoms with van der Waals surface area (Å²) in [6.07, 6.45) is 0. The van der Waals surface area contributed by atoms with Crippen molar-refractivity contribution in [2.45, 2.75) is 6.92 Å². The van der Waals surface area contributed by atoms with Gasteiger partial charge in [-0.25, -0.2) is 4.79 Å². The van der Waals surface area contributed by atoms with Crippen LogP contribution in [0.1, 0.15) is 36.0 Å². The molecule has 2 N–H and O–H groups in total. The minimum Gasteiger partial charge on any atom is -0.465 e. The Morgan fingerprint density at radius 2 is 1.67 bits per heavy atom. The van der Waals surface area contributed by atoms with Crippen LogP contribution in [-0.2, 0) is 4.74 Å². The second-order valence-electron chi connectivity index (χ2n) is 6.15. The highest BCUT2D eigenvalue weighted by molar-refractivity contribution is 7.19. The van der Waals surface area contributed by atoms with Crippen molar-refractivity contribution in [1.29, 1.82) is 0 Å². The van der Waals surface area contributed by atoms with Crippen molar-refractivity contribution in [3.8, 4) is 0 Å². The zero-order valence-corrected chi connectivity index (χ0v) is 18.2. The van der Waals surface area contributed by atoms with Crippen LogP contribution >= 0.6 is 34.5 Å². The van der Waals surface area contributed by atoms with Crippen LogP contribution in [0.5, 0.6) is 0 Å². The number of hydrogen-bond acceptors (Lipinski definition) is 5. The monoisotopic (exact) mass is 462 g/mol. The number of esters is 1. The first-order valence-electron chi connectivity index (χ1n) is 8.66. The molecule has 0 unspecified atom stereocenters. The summed E-state index contributed by atoms with van der Waals surface area (Å²) in [5, 5.41) is 6.31.